The molecule has 5 rings (SSSR count). The van der Waals surface area contributed by atoms with Crippen LogP contribution >= 0.6 is 15.5 Å². The number of rotatable bonds is 8. The molecule has 4 N–H and O–H groups in total. The summed E-state index contributed by atoms with van der Waals surface area (Å²) in [5, 5.41) is 0. The average Bonchev–Trinajstić information content (AvgIpc) is 3.59. The monoisotopic (exact) mass is 511 g/mol. The standard InChI is InChI=1S/C16H19N9O7P2/c17-14-13-15(21-7-20-14)25(10-22-13)16-12(32-34(28,29)24-4-2-19-9-24)5-11(31-16)6-30-33(26,27)23-3-1-18-8-23/h1-4,7-12,16H,5-6H2,(H,26,27)(H,28,29)(H2,17,20,21). The molecule has 18 heteroatoms. The first kappa shape index (κ1) is 22.8. The molecule has 0 saturated carbocycles. The highest BCUT2D eigenvalue weighted by molar-refractivity contribution is 7.51. The number of ether oxygens (including phenoxy) is 1. The summed E-state index contributed by atoms with van der Waals surface area (Å²) in [5.74, 6) is 0.145. The fourth-order valence-corrected chi connectivity index (χ4v) is 5.48. The molecule has 180 valence electrons. The Labute approximate surface area is 191 Å². The number of hydrogen-bond donors (Lipinski definition) is 3. The van der Waals surface area contributed by atoms with Crippen molar-refractivity contribution in [1.29, 1.82) is 0 Å². The highest BCUT2D eigenvalue weighted by Crippen LogP contribution is 2.50. The first-order valence-electron chi connectivity index (χ1n) is 9.79. The van der Waals surface area contributed by atoms with E-state index in [9.17, 15) is 18.9 Å². The second-order valence-electron chi connectivity index (χ2n) is 7.27. The number of anilines is 1. The molecule has 0 radical (unpaired) electrons. The van der Waals surface area contributed by atoms with E-state index in [1.807, 2.05) is 0 Å². The highest BCUT2D eigenvalue weighted by Gasteiger charge is 2.43. The molecule has 0 spiro atoms. The van der Waals surface area contributed by atoms with Gasteiger partial charge >= 0.3 is 15.5 Å². The van der Waals surface area contributed by atoms with E-state index in [0.717, 1.165) is 21.3 Å². The topological polar surface area (TPSA) is 208 Å². The van der Waals surface area contributed by atoms with Gasteiger partial charge in [-0.2, -0.15) is 0 Å². The zero-order valence-electron chi connectivity index (χ0n) is 17.3. The zero-order valence-corrected chi connectivity index (χ0v) is 19.0. The number of hydrogen-bond acceptors (Lipinski definition) is 11. The first-order chi connectivity index (χ1) is 16.2. The minimum atomic E-state index is -4.35. The number of aromatic nitrogens is 8. The second-order valence-corrected chi connectivity index (χ2v) is 10.6. The number of imidazole rings is 3. The third-order valence-electron chi connectivity index (χ3n) is 5.07. The molecule has 1 aliphatic heterocycles. The maximum absolute atomic E-state index is 12.8. The Hall–Kier alpha value is -2.97. The van der Waals surface area contributed by atoms with Gasteiger partial charge in [0.15, 0.2) is 17.7 Å². The van der Waals surface area contributed by atoms with Crippen LogP contribution in [0.15, 0.2) is 50.1 Å². The van der Waals surface area contributed by atoms with Crippen LogP contribution in [0.2, 0.25) is 0 Å². The first-order valence-corrected chi connectivity index (χ1v) is 12.9. The number of nitrogens with two attached hydrogens (primary N) is 1. The molecule has 0 bridgehead atoms. The van der Waals surface area contributed by atoms with E-state index < -0.39 is 33.9 Å². The lowest BCUT2D eigenvalue weighted by Gasteiger charge is -2.23. The summed E-state index contributed by atoms with van der Waals surface area (Å²) in [7, 11) is -8.56. The maximum Gasteiger partial charge on any atom is 0.437 e. The normalized spacial score (nSPS) is 24.2. The molecule has 16 nitrogen and oxygen atoms in total. The van der Waals surface area contributed by atoms with Crippen LogP contribution in [0.3, 0.4) is 0 Å². The molecule has 0 aliphatic carbocycles. The van der Waals surface area contributed by atoms with Gasteiger partial charge in [-0.05, 0) is 0 Å². The molecule has 5 unspecified atom stereocenters. The molecule has 4 aromatic rings. The molecular formula is C16H19N9O7P2. The zero-order chi connectivity index (χ0) is 23.9. The van der Waals surface area contributed by atoms with Crippen molar-refractivity contribution in [1.82, 2.24) is 38.2 Å². The second kappa shape index (κ2) is 8.67. The van der Waals surface area contributed by atoms with E-state index in [4.69, 9.17) is 19.5 Å². The molecule has 5 heterocycles. The minimum Gasteiger partial charge on any atom is -0.382 e. The molecule has 1 aliphatic rings. The van der Waals surface area contributed by atoms with Gasteiger partial charge < -0.3 is 20.3 Å². The summed E-state index contributed by atoms with van der Waals surface area (Å²) in [4.78, 5) is 40.4. The molecular weight excluding hydrogens is 492 g/mol. The van der Waals surface area contributed by atoms with Crippen LogP contribution < -0.4 is 5.73 Å². The van der Waals surface area contributed by atoms with Gasteiger partial charge in [0.1, 0.15) is 30.6 Å². The van der Waals surface area contributed by atoms with Crippen molar-refractivity contribution in [3.05, 3.63) is 50.1 Å². The predicted molar refractivity (Wildman–Crippen MR) is 114 cm³/mol. The molecule has 0 aromatic carbocycles. The minimum absolute atomic E-state index is 0.0497. The van der Waals surface area contributed by atoms with Crippen molar-refractivity contribution in [2.24, 2.45) is 0 Å². The Bertz CT molecular complexity index is 1380. The van der Waals surface area contributed by atoms with Gasteiger partial charge in [-0.25, -0.2) is 42.7 Å². The molecule has 34 heavy (non-hydrogen) atoms. The van der Waals surface area contributed by atoms with Crippen molar-refractivity contribution in [2.75, 3.05) is 12.3 Å². The summed E-state index contributed by atoms with van der Waals surface area (Å²) < 4.78 is 45.5. The smallest absolute Gasteiger partial charge is 0.382 e. The number of nitrogen functional groups attached to an aromatic ring is 1. The Morgan fingerprint density at radius 1 is 1.06 bits per heavy atom. The van der Waals surface area contributed by atoms with E-state index in [1.165, 1.54) is 42.0 Å². The maximum atomic E-state index is 12.8. The van der Waals surface area contributed by atoms with Crippen molar-refractivity contribution in [2.45, 2.75) is 24.9 Å². The van der Waals surface area contributed by atoms with Gasteiger partial charge in [-0.15, -0.1) is 0 Å². The molecule has 1 saturated heterocycles. The fraction of sp³-hybridized carbons (Fsp3) is 0.312. The van der Waals surface area contributed by atoms with E-state index in [-0.39, 0.29) is 18.8 Å². The summed E-state index contributed by atoms with van der Waals surface area (Å²) in [6.45, 7) is -0.313. The third kappa shape index (κ3) is 4.28. The van der Waals surface area contributed by atoms with Gasteiger partial charge in [0.2, 0.25) is 0 Å². The lowest BCUT2D eigenvalue weighted by atomic mass is 10.2. The summed E-state index contributed by atoms with van der Waals surface area (Å²) in [6, 6.07) is 0. The largest absolute Gasteiger partial charge is 0.437 e. The van der Waals surface area contributed by atoms with Crippen LogP contribution in [0, 0.1) is 0 Å². The molecule has 5 atom stereocenters. The Balaban J connectivity index is 1.41. The van der Waals surface area contributed by atoms with Crippen LogP contribution in [0.4, 0.5) is 5.82 Å². The highest BCUT2D eigenvalue weighted by atomic mass is 31.2. The molecule has 1 fully saturated rings. The quantitative estimate of drug-likeness (QED) is 0.280. The average molecular weight is 511 g/mol. The van der Waals surface area contributed by atoms with Crippen LogP contribution in [-0.2, 0) is 22.9 Å². The van der Waals surface area contributed by atoms with E-state index >= 15 is 0 Å². The van der Waals surface area contributed by atoms with Gasteiger partial charge in [-0.1, -0.05) is 0 Å². The van der Waals surface area contributed by atoms with Crippen LogP contribution in [-0.4, -0.2) is 66.8 Å². The van der Waals surface area contributed by atoms with E-state index in [1.54, 1.807) is 0 Å². The van der Waals surface area contributed by atoms with Crippen LogP contribution in [0.25, 0.3) is 11.2 Å². The number of fused-ring (bicyclic) bond motifs is 1. The predicted octanol–water partition coefficient (Wildman–Crippen LogP) is 0.788. The van der Waals surface area contributed by atoms with Crippen LogP contribution in [0.5, 0.6) is 0 Å². The number of nitrogens with zero attached hydrogens (tertiary/aromatic N) is 8. The lowest BCUT2D eigenvalue weighted by Crippen LogP contribution is -2.22. The van der Waals surface area contributed by atoms with Crippen molar-refractivity contribution < 1.29 is 32.7 Å². The van der Waals surface area contributed by atoms with Crippen molar-refractivity contribution in [3.63, 3.8) is 0 Å². The molecule has 0 amide bonds. The van der Waals surface area contributed by atoms with Gasteiger partial charge in [0.25, 0.3) is 0 Å². The van der Waals surface area contributed by atoms with E-state index in [2.05, 4.69) is 24.9 Å². The lowest BCUT2D eigenvalue weighted by molar-refractivity contribution is -0.0435. The summed E-state index contributed by atoms with van der Waals surface area (Å²) >= 11 is 0. The van der Waals surface area contributed by atoms with Crippen molar-refractivity contribution in [3.8, 4) is 0 Å². The summed E-state index contributed by atoms with van der Waals surface area (Å²) in [6.07, 6.45) is 7.49. The van der Waals surface area contributed by atoms with Crippen molar-refractivity contribution >= 4 is 32.5 Å². The summed E-state index contributed by atoms with van der Waals surface area (Å²) in [5.41, 5.74) is 6.48. The molecule has 4 aromatic heterocycles. The van der Waals surface area contributed by atoms with Crippen LogP contribution in [0.1, 0.15) is 12.6 Å². The van der Waals surface area contributed by atoms with E-state index in [0.29, 0.717) is 11.2 Å². The SMILES string of the molecule is Nc1ncnc2c1ncn2C1OC(COP(=O)(O)n2ccnc2)CC1OP(=O)(O)n1ccnc1. The Kier molecular flexibility index (Phi) is 5.81. The van der Waals surface area contributed by atoms with Gasteiger partial charge in [0.05, 0.1) is 19.0 Å². The third-order valence-corrected chi connectivity index (χ3v) is 7.74. The fourth-order valence-electron chi connectivity index (χ4n) is 3.50. The van der Waals surface area contributed by atoms with Gasteiger partial charge in [-0.3, -0.25) is 13.6 Å². The van der Waals surface area contributed by atoms with Gasteiger partial charge in [0, 0.05) is 31.2 Å². The Morgan fingerprint density at radius 2 is 1.76 bits per heavy atom. The Morgan fingerprint density at radius 3 is 2.44 bits per heavy atom.